The molecule has 0 saturated heterocycles. The van der Waals surface area contributed by atoms with Gasteiger partial charge < -0.3 is 10.4 Å². The molecule has 2 N–H and O–H groups in total. The number of para-hydroxylation sites is 1. The van der Waals surface area contributed by atoms with Crippen molar-refractivity contribution in [2.75, 3.05) is 6.61 Å². The standard InChI is InChI=1S/C14H15F2N3O2/c1-2-9(8-20)17-14(21)12-6-7-19(18-12)13-10(15)4-3-5-11(13)16/h3-7,9,20H,2,8H2,1H3,(H,17,21). The number of nitrogens with one attached hydrogen (secondary N) is 1. The number of carbonyl (C=O) groups is 1. The van der Waals surface area contributed by atoms with Crippen LogP contribution in [0.3, 0.4) is 0 Å². The van der Waals surface area contributed by atoms with Crippen molar-refractivity contribution in [2.45, 2.75) is 19.4 Å². The summed E-state index contributed by atoms with van der Waals surface area (Å²) >= 11 is 0. The van der Waals surface area contributed by atoms with Crippen LogP contribution in [-0.4, -0.2) is 33.4 Å². The summed E-state index contributed by atoms with van der Waals surface area (Å²) in [5.41, 5.74) is -0.324. The molecule has 112 valence electrons. The van der Waals surface area contributed by atoms with Gasteiger partial charge in [0.25, 0.3) is 5.91 Å². The molecule has 1 heterocycles. The number of aliphatic hydroxyl groups excluding tert-OH is 1. The van der Waals surface area contributed by atoms with Crippen molar-refractivity contribution in [1.82, 2.24) is 15.1 Å². The third kappa shape index (κ3) is 3.25. The fourth-order valence-corrected chi connectivity index (χ4v) is 1.81. The van der Waals surface area contributed by atoms with E-state index in [1.54, 1.807) is 0 Å². The minimum absolute atomic E-state index is 0.0181. The van der Waals surface area contributed by atoms with Crippen molar-refractivity contribution in [3.05, 3.63) is 47.8 Å². The first kappa shape index (κ1) is 15.1. The Balaban J connectivity index is 2.24. The number of halogens is 2. The van der Waals surface area contributed by atoms with E-state index >= 15 is 0 Å². The number of nitrogens with zero attached hydrogens (tertiary/aromatic N) is 2. The molecule has 2 aromatic rings. The van der Waals surface area contributed by atoms with Gasteiger partial charge in [-0.2, -0.15) is 5.10 Å². The zero-order chi connectivity index (χ0) is 15.4. The minimum Gasteiger partial charge on any atom is -0.394 e. The molecule has 5 nitrogen and oxygen atoms in total. The van der Waals surface area contributed by atoms with Gasteiger partial charge in [0.15, 0.2) is 17.3 Å². The fourth-order valence-electron chi connectivity index (χ4n) is 1.81. The summed E-state index contributed by atoms with van der Waals surface area (Å²) in [5, 5.41) is 15.5. The molecule has 1 amide bonds. The van der Waals surface area contributed by atoms with Gasteiger partial charge in [-0.1, -0.05) is 13.0 Å². The summed E-state index contributed by atoms with van der Waals surface area (Å²) in [5.74, 6) is -2.05. The largest absolute Gasteiger partial charge is 0.394 e. The first-order chi connectivity index (χ1) is 10.1. The van der Waals surface area contributed by atoms with Crippen molar-refractivity contribution < 1.29 is 18.7 Å². The molecule has 0 aliphatic carbocycles. The van der Waals surface area contributed by atoms with E-state index in [1.165, 1.54) is 18.3 Å². The highest BCUT2D eigenvalue weighted by molar-refractivity contribution is 5.92. The molecule has 1 atom stereocenters. The van der Waals surface area contributed by atoms with Crippen molar-refractivity contribution in [3.8, 4) is 5.69 Å². The van der Waals surface area contributed by atoms with Gasteiger partial charge in [-0.15, -0.1) is 0 Å². The summed E-state index contributed by atoms with van der Waals surface area (Å²) in [4.78, 5) is 11.9. The number of aliphatic hydroxyl groups is 1. The molecule has 0 spiro atoms. The molecule has 0 saturated carbocycles. The van der Waals surface area contributed by atoms with Crippen LogP contribution in [0.15, 0.2) is 30.5 Å². The first-order valence-corrected chi connectivity index (χ1v) is 6.48. The van der Waals surface area contributed by atoms with Gasteiger partial charge in [0, 0.05) is 6.20 Å². The zero-order valence-electron chi connectivity index (χ0n) is 11.4. The lowest BCUT2D eigenvalue weighted by molar-refractivity contribution is 0.0909. The monoisotopic (exact) mass is 295 g/mol. The Hall–Kier alpha value is -2.28. The Kier molecular flexibility index (Phi) is 4.64. The van der Waals surface area contributed by atoms with E-state index in [-0.39, 0.29) is 24.0 Å². The maximum atomic E-state index is 13.6. The van der Waals surface area contributed by atoms with E-state index in [1.807, 2.05) is 6.92 Å². The third-order valence-corrected chi connectivity index (χ3v) is 3.04. The number of hydrogen-bond acceptors (Lipinski definition) is 3. The highest BCUT2D eigenvalue weighted by atomic mass is 19.1. The minimum atomic E-state index is -0.771. The van der Waals surface area contributed by atoms with Crippen LogP contribution in [0, 0.1) is 11.6 Å². The number of aromatic nitrogens is 2. The number of rotatable bonds is 5. The average Bonchev–Trinajstić information content (AvgIpc) is 2.94. The second-order valence-corrected chi connectivity index (χ2v) is 4.48. The molecule has 7 heteroatoms. The predicted octanol–water partition coefficient (Wildman–Crippen LogP) is 1.65. The Morgan fingerprint density at radius 2 is 2.05 bits per heavy atom. The normalized spacial score (nSPS) is 12.2. The Labute approximate surface area is 120 Å². The summed E-state index contributed by atoms with van der Waals surface area (Å²) in [6.45, 7) is 1.62. The quantitative estimate of drug-likeness (QED) is 0.881. The summed E-state index contributed by atoms with van der Waals surface area (Å²) in [6.07, 6.45) is 1.86. The van der Waals surface area contributed by atoms with Crippen LogP contribution in [0.2, 0.25) is 0 Å². The molecule has 0 fully saturated rings. The average molecular weight is 295 g/mol. The van der Waals surface area contributed by atoms with Gasteiger partial charge in [-0.3, -0.25) is 4.79 Å². The van der Waals surface area contributed by atoms with Gasteiger partial charge in [-0.25, -0.2) is 13.5 Å². The lowest BCUT2D eigenvalue weighted by Crippen LogP contribution is -2.37. The molecule has 0 bridgehead atoms. The lowest BCUT2D eigenvalue weighted by atomic mass is 10.2. The highest BCUT2D eigenvalue weighted by Crippen LogP contribution is 2.16. The Bertz CT molecular complexity index is 619. The van der Waals surface area contributed by atoms with E-state index < -0.39 is 17.5 Å². The van der Waals surface area contributed by atoms with E-state index in [0.717, 1.165) is 16.8 Å². The third-order valence-electron chi connectivity index (χ3n) is 3.04. The van der Waals surface area contributed by atoms with Crippen LogP contribution in [0.5, 0.6) is 0 Å². The fraction of sp³-hybridized carbons (Fsp3) is 0.286. The van der Waals surface area contributed by atoms with Crippen LogP contribution in [-0.2, 0) is 0 Å². The molecule has 1 aromatic carbocycles. The smallest absolute Gasteiger partial charge is 0.272 e. The van der Waals surface area contributed by atoms with E-state index in [4.69, 9.17) is 5.11 Å². The predicted molar refractivity (Wildman–Crippen MR) is 72.1 cm³/mol. The lowest BCUT2D eigenvalue weighted by Gasteiger charge is -2.12. The summed E-state index contributed by atoms with van der Waals surface area (Å²) < 4.78 is 28.2. The van der Waals surface area contributed by atoms with Crippen LogP contribution in [0.25, 0.3) is 5.69 Å². The van der Waals surface area contributed by atoms with Crippen LogP contribution in [0.1, 0.15) is 23.8 Å². The van der Waals surface area contributed by atoms with Gasteiger partial charge >= 0.3 is 0 Å². The van der Waals surface area contributed by atoms with Gasteiger partial charge in [0.05, 0.1) is 12.6 Å². The van der Waals surface area contributed by atoms with Crippen molar-refractivity contribution >= 4 is 5.91 Å². The van der Waals surface area contributed by atoms with Gasteiger partial charge in [0.2, 0.25) is 0 Å². The Morgan fingerprint density at radius 1 is 1.38 bits per heavy atom. The highest BCUT2D eigenvalue weighted by Gasteiger charge is 2.17. The van der Waals surface area contributed by atoms with Gasteiger partial charge in [0.1, 0.15) is 5.69 Å². The van der Waals surface area contributed by atoms with Crippen molar-refractivity contribution in [2.24, 2.45) is 0 Å². The number of amides is 1. The topological polar surface area (TPSA) is 67.2 Å². The second kappa shape index (κ2) is 6.45. The number of hydrogen-bond donors (Lipinski definition) is 2. The van der Waals surface area contributed by atoms with E-state index in [9.17, 15) is 13.6 Å². The maximum Gasteiger partial charge on any atom is 0.272 e. The molecule has 1 unspecified atom stereocenters. The van der Waals surface area contributed by atoms with E-state index in [2.05, 4.69) is 10.4 Å². The number of benzene rings is 1. The molecule has 0 radical (unpaired) electrons. The molecular formula is C14H15F2N3O2. The molecule has 0 aliphatic heterocycles. The second-order valence-electron chi connectivity index (χ2n) is 4.48. The molecular weight excluding hydrogens is 280 g/mol. The SMILES string of the molecule is CCC(CO)NC(=O)c1ccn(-c2c(F)cccc2F)n1. The molecule has 1 aromatic heterocycles. The molecule has 0 aliphatic rings. The Morgan fingerprint density at radius 3 is 2.62 bits per heavy atom. The van der Waals surface area contributed by atoms with Crippen LogP contribution in [0.4, 0.5) is 8.78 Å². The van der Waals surface area contributed by atoms with Crippen molar-refractivity contribution in [3.63, 3.8) is 0 Å². The number of carbonyl (C=O) groups excluding carboxylic acids is 1. The first-order valence-electron chi connectivity index (χ1n) is 6.48. The molecule has 2 rings (SSSR count). The zero-order valence-corrected chi connectivity index (χ0v) is 11.4. The summed E-state index contributed by atoms with van der Waals surface area (Å²) in [7, 11) is 0. The van der Waals surface area contributed by atoms with Crippen LogP contribution < -0.4 is 5.32 Å². The van der Waals surface area contributed by atoms with Crippen LogP contribution >= 0.6 is 0 Å². The van der Waals surface area contributed by atoms with Crippen molar-refractivity contribution in [1.29, 1.82) is 0 Å². The van der Waals surface area contributed by atoms with E-state index in [0.29, 0.717) is 6.42 Å². The maximum absolute atomic E-state index is 13.6. The molecule has 21 heavy (non-hydrogen) atoms. The summed E-state index contributed by atoms with van der Waals surface area (Å²) in [6, 6.07) is 4.44. The van der Waals surface area contributed by atoms with Gasteiger partial charge in [-0.05, 0) is 24.6 Å².